The van der Waals surface area contributed by atoms with E-state index in [4.69, 9.17) is 4.42 Å². The lowest BCUT2D eigenvalue weighted by molar-refractivity contribution is 0.495. The van der Waals surface area contributed by atoms with E-state index in [2.05, 4.69) is 59.1 Å². The maximum Gasteiger partial charge on any atom is 0.103 e. The SMILES string of the molecule is CC(CCc1ccco1)Nc1cccc(I)c1. The third-order valence-electron chi connectivity index (χ3n) is 2.64. The zero-order valence-corrected chi connectivity index (χ0v) is 12.0. The van der Waals surface area contributed by atoms with E-state index in [1.54, 1.807) is 6.26 Å². The van der Waals surface area contributed by atoms with Crippen molar-refractivity contribution in [1.82, 2.24) is 0 Å². The average molecular weight is 341 g/mol. The largest absolute Gasteiger partial charge is 0.469 e. The first-order valence-corrected chi connectivity index (χ1v) is 6.86. The molecular weight excluding hydrogens is 325 g/mol. The Morgan fingerprint density at radius 3 is 2.88 bits per heavy atom. The summed E-state index contributed by atoms with van der Waals surface area (Å²) in [6.45, 7) is 2.20. The van der Waals surface area contributed by atoms with Gasteiger partial charge in [0.25, 0.3) is 0 Å². The van der Waals surface area contributed by atoms with Gasteiger partial charge in [0.2, 0.25) is 0 Å². The van der Waals surface area contributed by atoms with Crippen molar-refractivity contribution < 1.29 is 4.42 Å². The maximum absolute atomic E-state index is 5.32. The summed E-state index contributed by atoms with van der Waals surface area (Å²) in [7, 11) is 0. The molecule has 1 aromatic carbocycles. The summed E-state index contributed by atoms with van der Waals surface area (Å²) < 4.78 is 6.58. The molecule has 2 nitrogen and oxygen atoms in total. The van der Waals surface area contributed by atoms with Crippen LogP contribution in [0.25, 0.3) is 0 Å². The van der Waals surface area contributed by atoms with Crippen LogP contribution in [0.15, 0.2) is 47.1 Å². The highest BCUT2D eigenvalue weighted by atomic mass is 127. The molecule has 1 aromatic heterocycles. The highest BCUT2D eigenvalue weighted by Crippen LogP contribution is 2.15. The van der Waals surface area contributed by atoms with Gasteiger partial charge in [-0.15, -0.1) is 0 Å². The summed E-state index contributed by atoms with van der Waals surface area (Å²) in [4.78, 5) is 0. The van der Waals surface area contributed by atoms with Gasteiger partial charge in [0.05, 0.1) is 6.26 Å². The number of aryl methyl sites for hydroxylation is 1. The van der Waals surface area contributed by atoms with Crippen LogP contribution in [-0.2, 0) is 6.42 Å². The van der Waals surface area contributed by atoms with Crippen LogP contribution in [0.2, 0.25) is 0 Å². The van der Waals surface area contributed by atoms with Gasteiger partial charge in [-0.2, -0.15) is 0 Å². The van der Waals surface area contributed by atoms with Gasteiger partial charge >= 0.3 is 0 Å². The fourth-order valence-electron chi connectivity index (χ4n) is 1.75. The Bertz CT molecular complexity index is 453. The summed E-state index contributed by atoms with van der Waals surface area (Å²) in [5.41, 5.74) is 1.18. The number of furan rings is 1. The first-order valence-electron chi connectivity index (χ1n) is 5.78. The zero-order valence-electron chi connectivity index (χ0n) is 9.82. The fraction of sp³-hybridized carbons (Fsp3) is 0.286. The van der Waals surface area contributed by atoms with Gasteiger partial charge < -0.3 is 9.73 Å². The van der Waals surface area contributed by atoms with Crippen molar-refractivity contribution in [2.75, 3.05) is 5.32 Å². The molecule has 0 fully saturated rings. The van der Waals surface area contributed by atoms with Crippen molar-refractivity contribution in [2.24, 2.45) is 0 Å². The minimum absolute atomic E-state index is 0.443. The lowest BCUT2D eigenvalue weighted by Crippen LogP contribution is -2.15. The normalized spacial score (nSPS) is 12.4. The van der Waals surface area contributed by atoms with Crippen molar-refractivity contribution in [3.05, 3.63) is 52.0 Å². The Kier molecular flexibility index (Phi) is 4.48. The predicted octanol–water partition coefficient (Wildman–Crippen LogP) is 4.32. The monoisotopic (exact) mass is 341 g/mol. The highest BCUT2D eigenvalue weighted by molar-refractivity contribution is 14.1. The first kappa shape index (κ1) is 12.5. The lowest BCUT2D eigenvalue weighted by atomic mass is 10.1. The van der Waals surface area contributed by atoms with Crippen LogP contribution < -0.4 is 5.32 Å². The molecule has 3 heteroatoms. The zero-order chi connectivity index (χ0) is 12.1. The van der Waals surface area contributed by atoms with Crippen LogP contribution in [0.1, 0.15) is 19.1 Å². The second-order valence-corrected chi connectivity index (χ2v) is 5.42. The molecule has 17 heavy (non-hydrogen) atoms. The predicted molar refractivity (Wildman–Crippen MR) is 79.3 cm³/mol. The van der Waals surface area contributed by atoms with Crippen molar-refractivity contribution in [3.8, 4) is 0 Å². The van der Waals surface area contributed by atoms with Crippen LogP contribution in [0.5, 0.6) is 0 Å². The standard InChI is InChI=1S/C14H16INO/c1-11(7-8-14-6-3-9-17-14)16-13-5-2-4-12(15)10-13/h2-6,9-11,16H,7-8H2,1H3. The summed E-state index contributed by atoms with van der Waals surface area (Å²) in [5, 5.41) is 3.50. The molecular formula is C14H16INO. The van der Waals surface area contributed by atoms with E-state index in [-0.39, 0.29) is 0 Å². The van der Waals surface area contributed by atoms with Gasteiger partial charge in [0.1, 0.15) is 5.76 Å². The fourth-order valence-corrected chi connectivity index (χ4v) is 2.29. The third-order valence-corrected chi connectivity index (χ3v) is 3.31. The molecule has 1 N–H and O–H groups in total. The molecule has 2 rings (SSSR count). The van der Waals surface area contributed by atoms with Crippen LogP contribution >= 0.6 is 22.6 Å². The Hall–Kier alpha value is -0.970. The molecule has 0 radical (unpaired) electrons. The summed E-state index contributed by atoms with van der Waals surface area (Å²) in [6.07, 6.45) is 3.77. The van der Waals surface area contributed by atoms with E-state index in [9.17, 15) is 0 Å². The number of rotatable bonds is 5. The Morgan fingerprint density at radius 1 is 1.29 bits per heavy atom. The molecule has 0 saturated heterocycles. The molecule has 0 spiro atoms. The molecule has 0 aliphatic rings. The Labute approximate surface area is 116 Å². The van der Waals surface area contributed by atoms with E-state index in [0.717, 1.165) is 18.6 Å². The van der Waals surface area contributed by atoms with Crippen LogP contribution in [0.4, 0.5) is 5.69 Å². The van der Waals surface area contributed by atoms with E-state index in [1.807, 2.05) is 12.1 Å². The summed E-state index contributed by atoms with van der Waals surface area (Å²) in [5.74, 6) is 1.06. The van der Waals surface area contributed by atoms with Gasteiger partial charge in [-0.1, -0.05) is 6.07 Å². The van der Waals surface area contributed by atoms with Crippen LogP contribution in [0, 0.1) is 3.57 Å². The molecule has 0 aliphatic carbocycles. The molecule has 2 aromatic rings. The van der Waals surface area contributed by atoms with Crippen molar-refractivity contribution in [3.63, 3.8) is 0 Å². The Balaban J connectivity index is 1.83. The summed E-state index contributed by atoms with van der Waals surface area (Å²) in [6, 6.07) is 12.8. The van der Waals surface area contributed by atoms with E-state index in [0.29, 0.717) is 6.04 Å². The minimum atomic E-state index is 0.443. The first-order chi connectivity index (χ1) is 8.24. The average Bonchev–Trinajstić information content (AvgIpc) is 2.79. The second-order valence-electron chi connectivity index (χ2n) is 4.17. The van der Waals surface area contributed by atoms with Crippen molar-refractivity contribution in [1.29, 1.82) is 0 Å². The van der Waals surface area contributed by atoms with E-state index >= 15 is 0 Å². The lowest BCUT2D eigenvalue weighted by Gasteiger charge is -2.14. The van der Waals surface area contributed by atoms with Crippen molar-refractivity contribution >= 4 is 28.3 Å². The van der Waals surface area contributed by atoms with Gasteiger partial charge in [-0.05, 0) is 66.3 Å². The van der Waals surface area contributed by atoms with Gasteiger partial charge in [0, 0.05) is 21.7 Å². The molecule has 1 heterocycles. The topological polar surface area (TPSA) is 25.2 Å². The number of hydrogen-bond donors (Lipinski definition) is 1. The van der Waals surface area contributed by atoms with Gasteiger partial charge in [0.15, 0.2) is 0 Å². The number of benzene rings is 1. The molecule has 1 atom stereocenters. The number of hydrogen-bond acceptors (Lipinski definition) is 2. The van der Waals surface area contributed by atoms with Gasteiger partial charge in [-0.3, -0.25) is 0 Å². The maximum atomic E-state index is 5.32. The van der Waals surface area contributed by atoms with Crippen molar-refractivity contribution in [2.45, 2.75) is 25.8 Å². The molecule has 0 saturated carbocycles. The van der Waals surface area contributed by atoms with Gasteiger partial charge in [-0.25, -0.2) is 0 Å². The minimum Gasteiger partial charge on any atom is -0.469 e. The number of anilines is 1. The molecule has 90 valence electrons. The van der Waals surface area contributed by atoms with Crippen LogP contribution in [0.3, 0.4) is 0 Å². The quantitative estimate of drug-likeness (QED) is 0.820. The van der Waals surface area contributed by atoms with Crippen LogP contribution in [-0.4, -0.2) is 6.04 Å². The summed E-state index contributed by atoms with van der Waals surface area (Å²) >= 11 is 2.33. The third kappa shape index (κ3) is 4.07. The molecule has 1 unspecified atom stereocenters. The smallest absolute Gasteiger partial charge is 0.103 e. The number of halogens is 1. The number of nitrogens with one attached hydrogen (secondary N) is 1. The second kappa shape index (κ2) is 6.10. The Morgan fingerprint density at radius 2 is 2.18 bits per heavy atom. The van der Waals surface area contributed by atoms with E-state index in [1.165, 1.54) is 9.26 Å². The molecule has 0 aliphatic heterocycles. The van der Waals surface area contributed by atoms with E-state index < -0.39 is 0 Å². The highest BCUT2D eigenvalue weighted by Gasteiger charge is 2.04. The molecule has 0 bridgehead atoms. The molecule has 0 amide bonds.